The summed E-state index contributed by atoms with van der Waals surface area (Å²) in [6.07, 6.45) is 0.235. The Morgan fingerprint density at radius 3 is 2.74 bits per heavy atom. The molecule has 9 heteroatoms. The molecule has 0 radical (unpaired) electrons. The van der Waals surface area contributed by atoms with Gasteiger partial charge in [0.25, 0.3) is 5.56 Å². The summed E-state index contributed by atoms with van der Waals surface area (Å²) in [4.78, 5) is 37.9. The van der Waals surface area contributed by atoms with Crippen LogP contribution in [0.5, 0.6) is 5.75 Å². The van der Waals surface area contributed by atoms with Gasteiger partial charge in [-0.05, 0) is 42.8 Å². The summed E-state index contributed by atoms with van der Waals surface area (Å²) < 4.78 is 5.94. The Labute approximate surface area is 157 Å². The number of nitrogens with one attached hydrogen (secondary N) is 1. The second-order valence-electron chi connectivity index (χ2n) is 5.63. The van der Waals surface area contributed by atoms with Crippen LogP contribution in [-0.2, 0) is 4.79 Å². The van der Waals surface area contributed by atoms with Crippen molar-refractivity contribution in [3.05, 3.63) is 73.9 Å². The predicted molar refractivity (Wildman–Crippen MR) is 101 cm³/mol. The van der Waals surface area contributed by atoms with Crippen molar-refractivity contribution in [2.75, 3.05) is 0 Å². The third kappa shape index (κ3) is 3.90. The molecule has 1 heterocycles. The fourth-order valence-corrected chi connectivity index (χ4v) is 2.55. The van der Waals surface area contributed by atoms with E-state index in [1.165, 1.54) is 25.3 Å². The van der Waals surface area contributed by atoms with Gasteiger partial charge in [-0.15, -0.1) is 4.68 Å². The van der Waals surface area contributed by atoms with Crippen LogP contribution in [0.15, 0.2) is 57.2 Å². The van der Waals surface area contributed by atoms with Gasteiger partial charge in [-0.2, -0.15) is 5.10 Å². The molecule has 3 aromatic rings. The molecule has 0 aliphatic heterocycles. The summed E-state index contributed by atoms with van der Waals surface area (Å²) in [6, 6.07) is 11.1. The van der Waals surface area contributed by atoms with Gasteiger partial charge in [-0.25, -0.2) is 9.59 Å². The smallest absolute Gasteiger partial charge is 0.349 e. The van der Waals surface area contributed by atoms with Crippen LogP contribution in [0.1, 0.15) is 12.5 Å². The van der Waals surface area contributed by atoms with Gasteiger partial charge in [0.1, 0.15) is 5.75 Å². The molecule has 0 amide bonds. The van der Waals surface area contributed by atoms with Gasteiger partial charge < -0.3 is 14.8 Å². The predicted octanol–water partition coefficient (Wildman–Crippen LogP) is 2.08. The number of ether oxygens (including phenoxy) is 1. The maximum atomic E-state index is 12.4. The highest BCUT2D eigenvalue weighted by atomic mass is 35.5. The van der Waals surface area contributed by atoms with Gasteiger partial charge in [0.2, 0.25) is 0 Å². The van der Waals surface area contributed by atoms with E-state index in [1.807, 2.05) is 0 Å². The molecule has 2 aromatic carbocycles. The third-order valence-electron chi connectivity index (χ3n) is 3.71. The molecule has 0 spiro atoms. The number of hydrogen-bond donors (Lipinski definition) is 2. The zero-order valence-electron chi connectivity index (χ0n) is 14.0. The number of carboxylic acids is 1. The topological polar surface area (TPSA) is 114 Å². The van der Waals surface area contributed by atoms with Crippen LogP contribution in [0.4, 0.5) is 0 Å². The van der Waals surface area contributed by atoms with E-state index in [1.54, 1.807) is 30.3 Å². The maximum absolute atomic E-state index is 12.4. The third-order valence-corrected chi connectivity index (χ3v) is 4.01. The van der Waals surface area contributed by atoms with E-state index in [0.717, 1.165) is 0 Å². The molecular formula is C18H14ClN3O5. The number of benzene rings is 2. The van der Waals surface area contributed by atoms with Gasteiger partial charge >= 0.3 is 11.7 Å². The number of fused-ring (bicyclic) bond motifs is 1. The summed E-state index contributed by atoms with van der Waals surface area (Å²) >= 11 is 6.08. The fraction of sp³-hybridized carbons (Fsp3) is 0.111. The molecule has 1 unspecified atom stereocenters. The van der Waals surface area contributed by atoms with Crippen molar-refractivity contribution < 1.29 is 14.6 Å². The number of aromatic nitrogens is 2. The monoisotopic (exact) mass is 387 g/mol. The van der Waals surface area contributed by atoms with Gasteiger partial charge in [0, 0.05) is 0 Å². The first-order chi connectivity index (χ1) is 12.9. The number of nitrogens with zero attached hydrogens (tertiary/aromatic N) is 2. The quantitative estimate of drug-likeness (QED) is 0.650. The normalized spacial score (nSPS) is 12.4. The fourth-order valence-electron chi connectivity index (χ4n) is 2.32. The first-order valence-corrected chi connectivity index (χ1v) is 8.22. The zero-order valence-corrected chi connectivity index (χ0v) is 14.8. The first kappa shape index (κ1) is 18.4. The number of halogens is 1. The van der Waals surface area contributed by atoms with Crippen molar-refractivity contribution >= 4 is 34.7 Å². The molecule has 1 aromatic heterocycles. The first-order valence-electron chi connectivity index (χ1n) is 7.84. The second-order valence-corrected chi connectivity index (χ2v) is 6.03. The van der Waals surface area contributed by atoms with E-state index in [0.29, 0.717) is 21.1 Å². The van der Waals surface area contributed by atoms with Gasteiger partial charge in [0.15, 0.2) is 6.10 Å². The minimum Gasteiger partial charge on any atom is -0.479 e. The molecular weight excluding hydrogens is 374 g/mol. The minimum absolute atomic E-state index is 0.173. The largest absolute Gasteiger partial charge is 0.479 e. The number of aliphatic carboxylic acids is 1. The summed E-state index contributed by atoms with van der Waals surface area (Å²) in [5, 5.41) is 13.3. The molecule has 8 nitrogen and oxygen atoms in total. The van der Waals surface area contributed by atoms with Crippen molar-refractivity contribution in [2.45, 2.75) is 13.0 Å². The lowest BCUT2D eigenvalue weighted by molar-refractivity contribution is -0.144. The highest BCUT2D eigenvalue weighted by Gasteiger charge is 2.14. The van der Waals surface area contributed by atoms with E-state index in [-0.39, 0.29) is 10.8 Å². The Morgan fingerprint density at radius 1 is 1.30 bits per heavy atom. The Kier molecular flexibility index (Phi) is 5.09. The Bertz CT molecular complexity index is 1170. The van der Waals surface area contributed by atoms with E-state index in [4.69, 9.17) is 21.4 Å². The molecule has 27 heavy (non-hydrogen) atoms. The van der Waals surface area contributed by atoms with Crippen molar-refractivity contribution in [1.29, 1.82) is 0 Å². The molecule has 0 aliphatic carbocycles. The number of H-pyrrole nitrogens is 1. The van der Waals surface area contributed by atoms with Crippen LogP contribution in [-0.4, -0.2) is 33.1 Å². The minimum atomic E-state index is -1.12. The number of para-hydroxylation sites is 1. The molecule has 0 bridgehead atoms. The van der Waals surface area contributed by atoms with Crippen LogP contribution in [0, 0.1) is 0 Å². The summed E-state index contributed by atoms with van der Waals surface area (Å²) in [5.41, 5.74) is -0.297. The zero-order chi connectivity index (χ0) is 19.6. The van der Waals surface area contributed by atoms with E-state index in [2.05, 4.69) is 10.1 Å². The number of aromatic amines is 1. The lowest BCUT2D eigenvalue weighted by Crippen LogP contribution is -2.32. The van der Waals surface area contributed by atoms with Gasteiger partial charge in [-0.1, -0.05) is 23.7 Å². The molecule has 0 fully saturated rings. The Balaban J connectivity index is 1.92. The van der Waals surface area contributed by atoms with Crippen LogP contribution in [0.25, 0.3) is 10.9 Å². The molecule has 0 aliphatic rings. The lowest BCUT2D eigenvalue weighted by Gasteiger charge is -2.11. The highest BCUT2D eigenvalue weighted by molar-refractivity contribution is 6.32. The average Bonchev–Trinajstić information content (AvgIpc) is 2.63. The Hall–Kier alpha value is -3.39. The van der Waals surface area contributed by atoms with E-state index < -0.39 is 23.3 Å². The van der Waals surface area contributed by atoms with Gasteiger partial charge in [0.05, 0.1) is 22.1 Å². The summed E-state index contributed by atoms with van der Waals surface area (Å²) in [7, 11) is 0. The number of carboxylic acid groups (broad SMARTS) is 1. The van der Waals surface area contributed by atoms with Gasteiger partial charge in [-0.3, -0.25) is 4.79 Å². The molecule has 0 saturated heterocycles. The molecule has 2 N–H and O–H groups in total. The van der Waals surface area contributed by atoms with Crippen molar-refractivity contribution in [3.8, 4) is 5.75 Å². The van der Waals surface area contributed by atoms with E-state index in [9.17, 15) is 14.4 Å². The van der Waals surface area contributed by atoms with Crippen LogP contribution >= 0.6 is 11.6 Å². The number of carbonyl (C=O) groups is 1. The number of hydrogen-bond acceptors (Lipinski definition) is 5. The highest BCUT2D eigenvalue weighted by Crippen LogP contribution is 2.26. The van der Waals surface area contributed by atoms with Crippen LogP contribution < -0.4 is 16.0 Å². The van der Waals surface area contributed by atoms with E-state index >= 15 is 0 Å². The molecule has 3 rings (SSSR count). The molecule has 0 saturated carbocycles. The summed E-state index contributed by atoms with van der Waals surface area (Å²) in [6.45, 7) is 1.38. The number of rotatable bonds is 5. The summed E-state index contributed by atoms with van der Waals surface area (Å²) in [5.74, 6) is -0.920. The van der Waals surface area contributed by atoms with Crippen molar-refractivity contribution in [1.82, 2.24) is 9.66 Å². The maximum Gasteiger partial charge on any atom is 0.349 e. The second kappa shape index (κ2) is 7.46. The SMILES string of the molecule is CC(Oc1ccc(C=Nn2c(=O)[nH]c3ccccc3c2=O)cc1Cl)C(=O)O. The Morgan fingerprint density at radius 2 is 2.04 bits per heavy atom. The molecule has 138 valence electrons. The standard InChI is InChI=1S/C18H14ClN3O5/c1-10(17(24)25)27-15-7-6-11(8-13(15)19)9-20-22-16(23)12-4-2-3-5-14(12)21-18(22)26/h2-10H,1H3,(H,21,26)(H,24,25). The van der Waals surface area contributed by atoms with Crippen molar-refractivity contribution in [2.24, 2.45) is 5.10 Å². The average molecular weight is 388 g/mol. The lowest BCUT2D eigenvalue weighted by atomic mass is 10.2. The van der Waals surface area contributed by atoms with Crippen LogP contribution in [0.2, 0.25) is 5.02 Å². The van der Waals surface area contributed by atoms with Crippen molar-refractivity contribution in [3.63, 3.8) is 0 Å². The van der Waals surface area contributed by atoms with Crippen LogP contribution in [0.3, 0.4) is 0 Å². The molecule has 1 atom stereocenters.